The summed E-state index contributed by atoms with van der Waals surface area (Å²) in [6.07, 6.45) is 15.3. The number of Topliss-reactive ketones (excluding diaryl/α,β-unsaturated/α-hetero) is 1. The van der Waals surface area contributed by atoms with Crippen molar-refractivity contribution in [3.05, 3.63) is 23.8 Å². The molecular weight excluding hydrogens is 336 g/mol. The van der Waals surface area contributed by atoms with Crippen molar-refractivity contribution in [3.63, 3.8) is 0 Å². The molecule has 27 heavy (non-hydrogen) atoms. The van der Waals surface area contributed by atoms with Crippen LogP contribution in [0.5, 0.6) is 11.5 Å². The molecule has 3 heteroatoms. The van der Waals surface area contributed by atoms with Gasteiger partial charge in [0.2, 0.25) is 0 Å². The lowest BCUT2D eigenvalue weighted by atomic mass is 9.95. The highest BCUT2D eigenvalue weighted by Gasteiger charge is 2.16. The van der Waals surface area contributed by atoms with Gasteiger partial charge in [-0.25, -0.2) is 0 Å². The monoisotopic (exact) mass is 376 g/mol. The standard InChI is InChI=1S/C24H40O3/c1-4-6-8-10-11-13-16-21(15-12-9-7-5-2)19-27-23-18-14-17-22(26)24(23)20(3)25/h14,17-18,21,26H,4-13,15-16,19H2,1-3H3. The Morgan fingerprint density at radius 3 is 2.07 bits per heavy atom. The van der Waals surface area contributed by atoms with Gasteiger partial charge in [0.25, 0.3) is 0 Å². The van der Waals surface area contributed by atoms with Crippen LogP contribution in [-0.2, 0) is 0 Å². The summed E-state index contributed by atoms with van der Waals surface area (Å²) in [5, 5.41) is 9.97. The van der Waals surface area contributed by atoms with E-state index >= 15 is 0 Å². The number of carbonyl (C=O) groups excluding carboxylic acids is 1. The second-order valence-electron chi connectivity index (χ2n) is 7.79. The van der Waals surface area contributed by atoms with E-state index in [-0.39, 0.29) is 11.5 Å². The Bertz CT molecular complexity index is 524. The molecule has 0 saturated heterocycles. The molecule has 0 aromatic heterocycles. The van der Waals surface area contributed by atoms with Gasteiger partial charge in [0.15, 0.2) is 5.78 Å². The van der Waals surface area contributed by atoms with E-state index in [1.165, 1.54) is 84.0 Å². The molecule has 0 heterocycles. The third-order valence-corrected chi connectivity index (χ3v) is 5.26. The lowest BCUT2D eigenvalue weighted by Gasteiger charge is -2.19. The van der Waals surface area contributed by atoms with Crippen LogP contribution < -0.4 is 4.74 Å². The largest absolute Gasteiger partial charge is 0.507 e. The van der Waals surface area contributed by atoms with Gasteiger partial charge < -0.3 is 9.84 Å². The summed E-state index contributed by atoms with van der Waals surface area (Å²) in [6, 6.07) is 5.07. The zero-order valence-corrected chi connectivity index (χ0v) is 17.8. The maximum absolute atomic E-state index is 11.8. The molecule has 0 spiro atoms. The minimum Gasteiger partial charge on any atom is -0.507 e. The highest BCUT2D eigenvalue weighted by Crippen LogP contribution is 2.29. The summed E-state index contributed by atoms with van der Waals surface area (Å²) < 4.78 is 6.01. The molecule has 1 rings (SSSR count). The summed E-state index contributed by atoms with van der Waals surface area (Å²) in [7, 11) is 0. The van der Waals surface area contributed by atoms with Crippen molar-refractivity contribution in [1.29, 1.82) is 0 Å². The van der Waals surface area contributed by atoms with Crippen molar-refractivity contribution in [2.24, 2.45) is 5.92 Å². The molecule has 0 aliphatic rings. The number of rotatable bonds is 16. The van der Waals surface area contributed by atoms with Crippen LogP contribution in [0.3, 0.4) is 0 Å². The van der Waals surface area contributed by atoms with Crippen LogP contribution in [0.2, 0.25) is 0 Å². The van der Waals surface area contributed by atoms with Gasteiger partial charge in [-0.1, -0.05) is 84.1 Å². The number of phenolic OH excluding ortho intramolecular Hbond substituents is 1. The van der Waals surface area contributed by atoms with Crippen LogP contribution in [0.15, 0.2) is 18.2 Å². The predicted molar refractivity (Wildman–Crippen MR) is 114 cm³/mol. The summed E-state index contributed by atoms with van der Waals surface area (Å²) in [5.74, 6) is 0.896. The third-order valence-electron chi connectivity index (χ3n) is 5.26. The maximum atomic E-state index is 11.8. The van der Waals surface area contributed by atoms with Gasteiger partial charge >= 0.3 is 0 Å². The molecule has 1 aromatic carbocycles. The Hall–Kier alpha value is -1.51. The van der Waals surface area contributed by atoms with Gasteiger partial charge in [0.05, 0.1) is 6.61 Å². The lowest BCUT2D eigenvalue weighted by Crippen LogP contribution is -2.14. The number of carbonyl (C=O) groups is 1. The smallest absolute Gasteiger partial charge is 0.167 e. The van der Waals surface area contributed by atoms with Crippen LogP contribution in [0.4, 0.5) is 0 Å². The molecule has 1 aromatic rings. The molecule has 0 aliphatic heterocycles. The van der Waals surface area contributed by atoms with E-state index in [9.17, 15) is 9.90 Å². The third kappa shape index (κ3) is 9.83. The fourth-order valence-corrected chi connectivity index (χ4v) is 3.59. The summed E-state index contributed by atoms with van der Waals surface area (Å²) in [5.41, 5.74) is 0.307. The van der Waals surface area contributed by atoms with Crippen molar-refractivity contribution in [3.8, 4) is 11.5 Å². The molecule has 0 amide bonds. The van der Waals surface area contributed by atoms with Crippen LogP contribution in [-0.4, -0.2) is 17.5 Å². The van der Waals surface area contributed by atoms with Gasteiger partial charge in [0.1, 0.15) is 17.1 Å². The van der Waals surface area contributed by atoms with E-state index < -0.39 is 0 Å². The first kappa shape index (κ1) is 23.5. The lowest BCUT2D eigenvalue weighted by molar-refractivity contribution is 0.100. The van der Waals surface area contributed by atoms with E-state index in [2.05, 4.69) is 13.8 Å². The number of unbranched alkanes of at least 4 members (excludes halogenated alkanes) is 8. The first-order valence-corrected chi connectivity index (χ1v) is 11.1. The molecule has 1 N–H and O–H groups in total. The van der Waals surface area contributed by atoms with Gasteiger partial charge in [0, 0.05) is 0 Å². The average Bonchev–Trinajstić information content (AvgIpc) is 2.64. The quantitative estimate of drug-likeness (QED) is 0.243. The summed E-state index contributed by atoms with van der Waals surface area (Å²) in [6.45, 7) is 6.59. The number of hydrogen-bond acceptors (Lipinski definition) is 3. The Kier molecular flexibility index (Phi) is 12.7. The highest BCUT2D eigenvalue weighted by atomic mass is 16.5. The molecule has 154 valence electrons. The van der Waals surface area contributed by atoms with Crippen molar-refractivity contribution < 1.29 is 14.6 Å². The second-order valence-corrected chi connectivity index (χ2v) is 7.79. The predicted octanol–water partition coefficient (Wildman–Crippen LogP) is 7.31. The Balaban J connectivity index is 2.54. The van der Waals surface area contributed by atoms with Crippen LogP contribution >= 0.6 is 0 Å². The van der Waals surface area contributed by atoms with Gasteiger partial charge in [-0.15, -0.1) is 0 Å². The topological polar surface area (TPSA) is 46.5 Å². The number of aromatic hydroxyl groups is 1. The minimum absolute atomic E-state index is 0.00965. The molecule has 0 bridgehead atoms. The molecule has 0 fully saturated rings. The molecule has 0 saturated carbocycles. The first-order chi connectivity index (χ1) is 13.1. The Morgan fingerprint density at radius 2 is 1.48 bits per heavy atom. The van der Waals surface area contributed by atoms with E-state index in [0.29, 0.717) is 23.8 Å². The maximum Gasteiger partial charge on any atom is 0.167 e. The van der Waals surface area contributed by atoms with Gasteiger partial charge in [-0.2, -0.15) is 0 Å². The Labute approximate surface area is 166 Å². The fourth-order valence-electron chi connectivity index (χ4n) is 3.59. The van der Waals surface area contributed by atoms with Gasteiger partial charge in [-0.05, 0) is 37.8 Å². The summed E-state index contributed by atoms with van der Waals surface area (Å²) >= 11 is 0. The van der Waals surface area contributed by atoms with Crippen molar-refractivity contribution >= 4 is 5.78 Å². The normalized spacial score (nSPS) is 12.1. The average molecular weight is 377 g/mol. The Morgan fingerprint density at radius 1 is 0.926 bits per heavy atom. The van der Waals surface area contributed by atoms with Gasteiger partial charge in [-0.3, -0.25) is 4.79 Å². The number of hydrogen-bond donors (Lipinski definition) is 1. The molecule has 0 aliphatic carbocycles. The summed E-state index contributed by atoms with van der Waals surface area (Å²) in [4.78, 5) is 11.8. The van der Waals surface area contributed by atoms with Crippen LogP contribution in [0.25, 0.3) is 0 Å². The molecule has 0 radical (unpaired) electrons. The zero-order valence-electron chi connectivity index (χ0n) is 17.8. The van der Waals surface area contributed by atoms with Crippen molar-refractivity contribution in [2.75, 3.05) is 6.61 Å². The molecule has 1 atom stereocenters. The van der Waals surface area contributed by atoms with E-state index in [1.54, 1.807) is 18.2 Å². The minimum atomic E-state index is -0.154. The number of ketones is 1. The zero-order chi connectivity index (χ0) is 19.9. The number of ether oxygens (including phenoxy) is 1. The second kappa shape index (κ2) is 14.5. The SMILES string of the molecule is CCCCCCCCC(CCCCCC)COc1cccc(O)c1C(C)=O. The molecular formula is C24H40O3. The molecule has 3 nitrogen and oxygen atoms in total. The molecule has 1 unspecified atom stereocenters. The van der Waals surface area contributed by atoms with Crippen molar-refractivity contribution in [2.45, 2.75) is 97.8 Å². The highest BCUT2D eigenvalue weighted by molar-refractivity contribution is 5.99. The van der Waals surface area contributed by atoms with E-state index in [4.69, 9.17) is 4.74 Å². The number of benzene rings is 1. The first-order valence-electron chi connectivity index (χ1n) is 11.1. The van der Waals surface area contributed by atoms with Crippen molar-refractivity contribution in [1.82, 2.24) is 0 Å². The van der Waals surface area contributed by atoms with Crippen LogP contribution in [0, 0.1) is 5.92 Å². The van der Waals surface area contributed by atoms with Crippen LogP contribution in [0.1, 0.15) is 108 Å². The number of phenols is 1. The fraction of sp³-hybridized carbons (Fsp3) is 0.708. The van der Waals surface area contributed by atoms with E-state index in [0.717, 1.165) is 0 Å². The van der Waals surface area contributed by atoms with E-state index in [1.807, 2.05) is 0 Å².